The van der Waals surface area contributed by atoms with Crippen LogP contribution in [0.1, 0.15) is 21.5 Å². The second-order valence-corrected chi connectivity index (χ2v) is 5.70. The van der Waals surface area contributed by atoms with E-state index in [2.05, 4.69) is 10.3 Å². The van der Waals surface area contributed by atoms with E-state index in [1.54, 1.807) is 24.3 Å². The van der Waals surface area contributed by atoms with Crippen LogP contribution in [0.2, 0.25) is 0 Å². The normalized spacial score (nSPS) is 9.92. The molecule has 3 rings (SSSR count). The molecule has 0 unspecified atom stereocenters. The van der Waals surface area contributed by atoms with Gasteiger partial charge in [-0.25, -0.2) is 4.99 Å². The molecule has 3 aromatic carbocycles. The van der Waals surface area contributed by atoms with Crippen LogP contribution in [0, 0.1) is 0 Å². The van der Waals surface area contributed by atoms with Crippen LogP contribution in [-0.2, 0) is 0 Å². The summed E-state index contributed by atoms with van der Waals surface area (Å²) in [5.74, 6) is -0.269. The van der Waals surface area contributed by atoms with Crippen molar-refractivity contribution < 1.29 is 4.79 Å². The molecule has 4 heteroatoms. The number of nitrogens with zero attached hydrogens (tertiary/aromatic N) is 1. The molecule has 0 aliphatic rings. The van der Waals surface area contributed by atoms with E-state index >= 15 is 0 Å². The van der Waals surface area contributed by atoms with Crippen molar-refractivity contribution in [3.8, 4) is 0 Å². The van der Waals surface area contributed by atoms with E-state index in [0.29, 0.717) is 5.56 Å². The Bertz CT molecular complexity index is 849. The summed E-state index contributed by atoms with van der Waals surface area (Å²) in [6, 6.07) is 28.5. The van der Waals surface area contributed by atoms with Crippen LogP contribution in [0.3, 0.4) is 0 Å². The molecule has 0 heterocycles. The monoisotopic (exact) mass is 344 g/mol. The quantitative estimate of drug-likeness (QED) is 0.570. The Morgan fingerprint density at radius 2 is 1.08 bits per heavy atom. The molecule has 1 amide bonds. The number of nitrogens with one attached hydrogen (secondary N) is 1. The fourth-order valence-electron chi connectivity index (χ4n) is 2.38. The van der Waals surface area contributed by atoms with Crippen LogP contribution in [0.25, 0.3) is 0 Å². The number of rotatable bonds is 3. The second kappa shape index (κ2) is 8.13. The summed E-state index contributed by atoms with van der Waals surface area (Å²) in [6.07, 6.45) is 0. The van der Waals surface area contributed by atoms with Crippen LogP contribution in [-0.4, -0.2) is 16.7 Å². The smallest absolute Gasteiger partial charge is 0.257 e. The predicted molar refractivity (Wildman–Crippen MR) is 105 cm³/mol. The molecular weight excluding hydrogens is 328 g/mol. The number of hydrogen-bond donors (Lipinski definition) is 1. The lowest BCUT2D eigenvalue weighted by atomic mass is 10.0. The zero-order valence-corrected chi connectivity index (χ0v) is 14.2. The maximum Gasteiger partial charge on any atom is 0.257 e. The number of aliphatic imine (C=N–C) groups is 1. The van der Waals surface area contributed by atoms with E-state index in [1.165, 1.54) is 0 Å². The summed E-state index contributed by atoms with van der Waals surface area (Å²) in [7, 11) is 0. The number of amides is 1. The summed E-state index contributed by atoms with van der Waals surface area (Å²) in [5.41, 5.74) is 3.13. The van der Waals surface area contributed by atoms with E-state index in [1.807, 2.05) is 66.7 Å². The van der Waals surface area contributed by atoms with Gasteiger partial charge in [0.15, 0.2) is 5.11 Å². The minimum Gasteiger partial charge on any atom is -0.297 e. The van der Waals surface area contributed by atoms with E-state index in [4.69, 9.17) is 12.2 Å². The van der Waals surface area contributed by atoms with Gasteiger partial charge in [0.1, 0.15) is 0 Å². The average Bonchev–Trinajstić information content (AvgIpc) is 2.68. The maximum atomic E-state index is 12.2. The Labute approximate surface area is 152 Å². The van der Waals surface area contributed by atoms with Gasteiger partial charge in [-0.1, -0.05) is 78.9 Å². The number of carbonyl (C=O) groups is 1. The molecule has 0 atom stereocenters. The third kappa shape index (κ3) is 4.46. The van der Waals surface area contributed by atoms with Gasteiger partial charge in [0.25, 0.3) is 5.91 Å². The molecule has 3 nitrogen and oxygen atoms in total. The molecule has 122 valence electrons. The largest absolute Gasteiger partial charge is 0.297 e. The fraction of sp³-hybridized carbons (Fsp3) is 0. The Morgan fingerprint density at radius 1 is 0.680 bits per heavy atom. The summed E-state index contributed by atoms with van der Waals surface area (Å²) in [6.45, 7) is 0. The number of carbonyl (C=O) groups excluding carboxylic acids is 1. The first-order valence-electron chi connectivity index (χ1n) is 7.84. The van der Waals surface area contributed by atoms with E-state index in [0.717, 1.165) is 16.8 Å². The minimum absolute atomic E-state index is 0.136. The Morgan fingerprint density at radius 3 is 1.52 bits per heavy atom. The van der Waals surface area contributed by atoms with Gasteiger partial charge in [-0.05, 0) is 24.4 Å². The number of thiocarbonyl (C=S) groups is 1. The lowest BCUT2D eigenvalue weighted by Crippen LogP contribution is -2.28. The molecule has 0 radical (unpaired) electrons. The summed E-state index contributed by atoms with van der Waals surface area (Å²) >= 11 is 5.29. The molecule has 0 aliphatic carbocycles. The lowest BCUT2D eigenvalue weighted by molar-refractivity contribution is 0.0977. The zero-order valence-electron chi connectivity index (χ0n) is 13.4. The van der Waals surface area contributed by atoms with Crippen molar-refractivity contribution >= 4 is 28.9 Å². The van der Waals surface area contributed by atoms with Gasteiger partial charge in [0.2, 0.25) is 0 Å². The standard InChI is InChI=1S/C21H16N2OS/c24-20(18-14-8-3-9-15-18)23-21(25)22-19(16-10-4-1-5-11-16)17-12-6-2-7-13-17/h1-15H,(H,23,24,25). The van der Waals surface area contributed by atoms with Gasteiger partial charge >= 0.3 is 0 Å². The van der Waals surface area contributed by atoms with E-state index in [-0.39, 0.29) is 11.0 Å². The van der Waals surface area contributed by atoms with Crippen molar-refractivity contribution in [3.05, 3.63) is 108 Å². The Kier molecular flexibility index (Phi) is 5.44. The number of hydrogen-bond acceptors (Lipinski definition) is 2. The first-order valence-corrected chi connectivity index (χ1v) is 8.25. The molecule has 1 N–H and O–H groups in total. The molecular formula is C21H16N2OS. The highest BCUT2D eigenvalue weighted by molar-refractivity contribution is 7.80. The second-order valence-electron chi connectivity index (χ2n) is 5.32. The SMILES string of the molecule is O=C(NC(=S)N=C(c1ccccc1)c1ccccc1)c1ccccc1. The van der Waals surface area contributed by atoms with Crippen LogP contribution in [0.5, 0.6) is 0 Å². The van der Waals surface area contributed by atoms with Crippen molar-refractivity contribution in [2.45, 2.75) is 0 Å². The van der Waals surface area contributed by atoms with Crippen molar-refractivity contribution in [2.75, 3.05) is 0 Å². The van der Waals surface area contributed by atoms with Gasteiger partial charge in [0, 0.05) is 16.7 Å². The summed E-state index contributed by atoms with van der Waals surface area (Å²) in [4.78, 5) is 16.7. The topological polar surface area (TPSA) is 41.5 Å². The summed E-state index contributed by atoms with van der Waals surface area (Å²) < 4.78 is 0. The molecule has 25 heavy (non-hydrogen) atoms. The highest BCUT2D eigenvalue weighted by Gasteiger charge is 2.10. The predicted octanol–water partition coefficient (Wildman–Crippen LogP) is 4.24. The molecule has 3 aromatic rings. The summed E-state index contributed by atoms with van der Waals surface area (Å²) in [5, 5.41) is 2.81. The van der Waals surface area contributed by atoms with Crippen LogP contribution >= 0.6 is 12.2 Å². The Balaban J connectivity index is 1.88. The van der Waals surface area contributed by atoms with Crippen LogP contribution in [0.15, 0.2) is 96.0 Å². The number of benzene rings is 3. The molecule has 0 aromatic heterocycles. The first-order chi connectivity index (χ1) is 12.2. The average molecular weight is 344 g/mol. The fourth-order valence-corrected chi connectivity index (χ4v) is 2.56. The Hall–Kier alpha value is -3.11. The van der Waals surface area contributed by atoms with Crippen LogP contribution < -0.4 is 5.32 Å². The van der Waals surface area contributed by atoms with Gasteiger partial charge in [-0.2, -0.15) is 0 Å². The highest BCUT2D eigenvalue weighted by atomic mass is 32.1. The molecule has 0 aliphatic heterocycles. The molecule has 0 fully saturated rings. The third-order valence-electron chi connectivity index (χ3n) is 3.56. The van der Waals surface area contributed by atoms with Crippen molar-refractivity contribution in [3.63, 3.8) is 0 Å². The van der Waals surface area contributed by atoms with Gasteiger partial charge < -0.3 is 0 Å². The first kappa shape index (κ1) is 16.7. The van der Waals surface area contributed by atoms with Gasteiger partial charge in [-0.15, -0.1) is 0 Å². The maximum absolute atomic E-state index is 12.2. The minimum atomic E-state index is -0.269. The molecule has 0 saturated carbocycles. The molecule has 0 bridgehead atoms. The third-order valence-corrected chi connectivity index (χ3v) is 3.76. The highest BCUT2D eigenvalue weighted by Crippen LogP contribution is 2.11. The zero-order chi connectivity index (χ0) is 17.5. The van der Waals surface area contributed by atoms with Crippen molar-refractivity contribution in [1.82, 2.24) is 5.32 Å². The van der Waals surface area contributed by atoms with Crippen molar-refractivity contribution in [2.24, 2.45) is 4.99 Å². The van der Waals surface area contributed by atoms with E-state index in [9.17, 15) is 4.79 Å². The van der Waals surface area contributed by atoms with E-state index < -0.39 is 0 Å². The molecule has 0 spiro atoms. The van der Waals surface area contributed by atoms with Crippen molar-refractivity contribution in [1.29, 1.82) is 0 Å². The van der Waals surface area contributed by atoms with Gasteiger partial charge in [-0.3, -0.25) is 10.1 Å². The molecule has 0 saturated heterocycles. The van der Waals surface area contributed by atoms with Crippen LogP contribution in [0.4, 0.5) is 0 Å². The van der Waals surface area contributed by atoms with Gasteiger partial charge in [0.05, 0.1) is 5.71 Å². The lowest BCUT2D eigenvalue weighted by Gasteiger charge is -2.09.